The molecule has 0 aliphatic heterocycles. The number of rotatable bonds is 4. The molecule has 0 N–H and O–H groups in total. The quantitative estimate of drug-likeness (QED) is 0.814. The number of carbonyl (C=O) groups excluding carboxylic acids is 1. The van der Waals surface area contributed by atoms with Crippen LogP contribution in [0.4, 0.5) is 0 Å². The third-order valence-electron chi connectivity index (χ3n) is 2.53. The molecule has 2 aromatic rings. The highest BCUT2D eigenvalue weighted by atomic mass is 79.9. The number of Topliss-reactive ketones (excluding diaryl/α,β-unsaturated/α-hetero) is 1. The summed E-state index contributed by atoms with van der Waals surface area (Å²) in [6, 6.07) is 9.12. The van der Waals surface area contributed by atoms with E-state index in [1.54, 1.807) is 31.6 Å². The smallest absolute Gasteiger partial charge is 0.171 e. The number of ether oxygens (including phenoxy) is 1. The van der Waals surface area contributed by atoms with E-state index in [2.05, 4.69) is 20.9 Å². The maximum Gasteiger partial charge on any atom is 0.171 e. The number of halogens is 1. The fourth-order valence-electron chi connectivity index (χ4n) is 1.71. The van der Waals surface area contributed by atoms with Crippen LogP contribution in [0.2, 0.25) is 0 Å². The van der Waals surface area contributed by atoms with Crippen LogP contribution in [0.5, 0.6) is 5.75 Å². The average Bonchev–Trinajstić information content (AvgIpc) is 2.38. The second-order valence-electron chi connectivity index (χ2n) is 3.81. The largest absolute Gasteiger partial charge is 0.496 e. The van der Waals surface area contributed by atoms with Gasteiger partial charge in [-0.15, -0.1) is 0 Å². The van der Waals surface area contributed by atoms with Gasteiger partial charge in [-0.25, -0.2) is 0 Å². The third-order valence-corrected chi connectivity index (χ3v) is 2.97. The molecule has 3 nitrogen and oxygen atoms in total. The molecule has 1 aromatic heterocycles. The fraction of sp³-hybridized carbons (Fsp3) is 0.143. The molecule has 18 heavy (non-hydrogen) atoms. The predicted octanol–water partition coefficient (Wildman–Crippen LogP) is 3.28. The Hall–Kier alpha value is -1.68. The van der Waals surface area contributed by atoms with Crippen LogP contribution >= 0.6 is 15.9 Å². The molecule has 0 saturated heterocycles. The number of hydrogen-bond donors (Lipinski definition) is 0. The van der Waals surface area contributed by atoms with Crippen molar-refractivity contribution in [3.8, 4) is 5.75 Å². The summed E-state index contributed by atoms with van der Waals surface area (Å²) in [4.78, 5) is 16.2. The van der Waals surface area contributed by atoms with Gasteiger partial charge in [0.05, 0.1) is 12.7 Å². The summed E-state index contributed by atoms with van der Waals surface area (Å²) in [5.74, 6) is 0.623. The maximum atomic E-state index is 12.2. The molecule has 0 saturated carbocycles. The lowest BCUT2D eigenvalue weighted by atomic mass is 10.0. The highest BCUT2D eigenvalue weighted by Gasteiger charge is 2.12. The summed E-state index contributed by atoms with van der Waals surface area (Å²) < 4.78 is 6.05. The third kappa shape index (κ3) is 2.96. The summed E-state index contributed by atoms with van der Waals surface area (Å²) in [5, 5.41) is 0. The lowest BCUT2D eigenvalue weighted by Crippen LogP contribution is -2.05. The number of ketones is 1. The number of methoxy groups -OCH3 is 1. The molecule has 1 aromatic carbocycles. The molecule has 1 heterocycles. The Morgan fingerprint density at radius 2 is 2.11 bits per heavy atom. The second kappa shape index (κ2) is 5.78. The van der Waals surface area contributed by atoms with Crippen LogP contribution in [0.3, 0.4) is 0 Å². The van der Waals surface area contributed by atoms with Gasteiger partial charge in [0.1, 0.15) is 5.75 Å². The highest BCUT2D eigenvalue weighted by Crippen LogP contribution is 2.20. The van der Waals surface area contributed by atoms with Crippen LogP contribution in [0, 0.1) is 0 Å². The first-order valence-corrected chi connectivity index (χ1v) is 6.25. The minimum Gasteiger partial charge on any atom is -0.496 e. The first kappa shape index (κ1) is 12.8. The van der Waals surface area contributed by atoms with Crippen LogP contribution in [0.25, 0.3) is 0 Å². The predicted molar refractivity (Wildman–Crippen MR) is 73.0 cm³/mol. The Balaban J connectivity index is 2.22. The van der Waals surface area contributed by atoms with Gasteiger partial charge in [0.15, 0.2) is 5.78 Å². The van der Waals surface area contributed by atoms with Gasteiger partial charge in [-0.3, -0.25) is 9.78 Å². The van der Waals surface area contributed by atoms with E-state index in [1.165, 1.54) is 0 Å². The lowest BCUT2D eigenvalue weighted by Gasteiger charge is -2.07. The van der Waals surface area contributed by atoms with Crippen LogP contribution in [0.15, 0.2) is 47.2 Å². The van der Waals surface area contributed by atoms with Crippen molar-refractivity contribution in [1.29, 1.82) is 0 Å². The maximum absolute atomic E-state index is 12.2. The van der Waals surface area contributed by atoms with E-state index in [-0.39, 0.29) is 5.78 Å². The SMILES string of the molecule is COc1ccccc1C(=O)Cc1cncc(Br)c1. The van der Waals surface area contributed by atoms with Crippen molar-refractivity contribution < 1.29 is 9.53 Å². The molecule has 0 radical (unpaired) electrons. The van der Waals surface area contributed by atoms with Gasteiger partial charge in [-0.05, 0) is 39.7 Å². The minimum atomic E-state index is 0.0207. The number of nitrogens with zero attached hydrogens (tertiary/aromatic N) is 1. The van der Waals surface area contributed by atoms with Crippen LogP contribution < -0.4 is 4.74 Å². The Bertz CT molecular complexity index is 569. The number of para-hydroxylation sites is 1. The van der Waals surface area contributed by atoms with E-state index in [0.717, 1.165) is 10.0 Å². The molecule has 0 bridgehead atoms. The standard InChI is InChI=1S/C14H12BrNO2/c1-18-14-5-3-2-4-12(14)13(17)7-10-6-11(15)9-16-8-10/h2-6,8-9H,7H2,1H3. The molecule has 92 valence electrons. The first-order valence-electron chi connectivity index (χ1n) is 5.46. The monoisotopic (exact) mass is 305 g/mol. The van der Waals surface area contributed by atoms with E-state index < -0.39 is 0 Å². The van der Waals surface area contributed by atoms with Crippen molar-refractivity contribution >= 4 is 21.7 Å². The van der Waals surface area contributed by atoms with Crippen molar-refractivity contribution in [1.82, 2.24) is 4.98 Å². The van der Waals surface area contributed by atoms with Crippen LogP contribution in [-0.4, -0.2) is 17.9 Å². The fourth-order valence-corrected chi connectivity index (χ4v) is 2.12. The van der Waals surface area contributed by atoms with Gasteiger partial charge in [0.2, 0.25) is 0 Å². The normalized spacial score (nSPS) is 10.1. The van der Waals surface area contributed by atoms with E-state index in [9.17, 15) is 4.79 Å². The van der Waals surface area contributed by atoms with Gasteiger partial charge in [-0.2, -0.15) is 0 Å². The molecule has 0 aliphatic rings. The van der Waals surface area contributed by atoms with Crippen molar-refractivity contribution in [2.75, 3.05) is 7.11 Å². The van der Waals surface area contributed by atoms with Gasteiger partial charge in [0.25, 0.3) is 0 Å². The summed E-state index contributed by atoms with van der Waals surface area (Å²) in [7, 11) is 1.56. The zero-order valence-electron chi connectivity index (χ0n) is 9.89. The summed E-state index contributed by atoms with van der Waals surface area (Å²) in [6.07, 6.45) is 3.70. The van der Waals surface area contributed by atoms with Crippen molar-refractivity contribution in [3.63, 3.8) is 0 Å². The molecule has 2 rings (SSSR count). The summed E-state index contributed by atoms with van der Waals surface area (Å²) in [6.45, 7) is 0. The topological polar surface area (TPSA) is 39.2 Å². The molecule has 0 unspecified atom stereocenters. The van der Waals surface area contributed by atoms with Crippen molar-refractivity contribution in [2.45, 2.75) is 6.42 Å². The van der Waals surface area contributed by atoms with Crippen molar-refractivity contribution in [2.24, 2.45) is 0 Å². The number of hydrogen-bond acceptors (Lipinski definition) is 3. The average molecular weight is 306 g/mol. The van der Waals surface area contributed by atoms with Gasteiger partial charge >= 0.3 is 0 Å². The molecule has 0 spiro atoms. The summed E-state index contributed by atoms with van der Waals surface area (Å²) in [5.41, 5.74) is 1.47. The van der Waals surface area contributed by atoms with Gasteiger partial charge < -0.3 is 4.74 Å². The molecular formula is C14H12BrNO2. The van der Waals surface area contributed by atoms with E-state index >= 15 is 0 Å². The van der Waals surface area contributed by atoms with Crippen LogP contribution in [-0.2, 0) is 6.42 Å². The Morgan fingerprint density at radius 1 is 1.33 bits per heavy atom. The Morgan fingerprint density at radius 3 is 2.83 bits per heavy atom. The zero-order chi connectivity index (χ0) is 13.0. The number of carbonyl (C=O) groups is 1. The molecular weight excluding hydrogens is 294 g/mol. The number of aromatic nitrogens is 1. The highest BCUT2D eigenvalue weighted by molar-refractivity contribution is 9.10. The van der Waals surface area contributed by atoms with Crippen molar-refractivity contribution in [3.05, 3.63) is 58.3 Å². The van der Waals surface area contributed by atoms with Crippen LogP contribution in [0.1, 0.15) is 15.9 Å². The second-order valence-corrected chi connectivity index (χ2v) is 4.73. The molecule has 0 atom stereocenters. The zero-order valence-corrected chi connectivity index (χ0v) is 11.5. The molecule has 4 heteroatoms. The molecule has 0 fully saturated rings. The van der Waals surface area contributed by atoms with E-state index in [0.29, 0.717) is 17.7 Å². The van der Waals surface area contributed by atoms with E-state index in [1.807, 2.05) is 18.2 Å². The summed E-state index contributed by atoms with van der Waals surface area (Å²) >= 11 is 3.34. The lowest BCUT2D eigenvalue weighted by molar-refractivity contribution is 0.0990. The Kier molecular flexibility index (Phi) is 4.10. The molecule has 0 amide bonds. The molecule has 0 aliphatic carbocycles. The Labute approximate surface area is 114 Å². The van der Waals surface area contributed by atoms with Gasteiger partial charge in [-0.1, -0.05) is 12.1 Å². The van der Waals surface area contributed by atoms with E-state index in [4.69, 9.17) is 4.74 Å². The number of pyridine rings is 1. The van der Waals surface area contributed by atoms with Gasteiger partial charge in [0, 0.05) is 23.3 Å². The number of benzene rings is 1. The minimum absolute atomic E-state index is 0.0207. The first-order chi connectivity index (χ1) is 8.70.